The number of rotatable bonds is 5. The fraction of sp³-hybridized carbons (Fsp3) is 0.105. The Balaban J connectivity index is 2.27. The first-order valence-electron chi connectivity index (χ1n) is 7.24. The van der Waals surface area contributed by atoms with Crippen LogP contribution in [0.2, 0.25) is 0 Å². The van der Waals surface area contributed by atoms with E-state index in [0.29, 0.717) is 22.4 Å². The van der Waals surface area contributed by atoms with Crippen LogP contribution in [0.5, 0.6) is 5.75 Å². The number of aliphatic carboxylic acids is 1. The van der Waals surface area contributed by atoms with Crippen LogP contribution in [0.4, 0.5) is 13.2 Å². The summed E-state index contributed by atoms with van der Waals surface area (Å²) in [5.74, 6) is -0.493. The molecule has 0 aliphatic rings. The predicted octanol–water partition coefficient (Wildman–Crippen LogP) is 4.90. The number of alkyl halides is 3. The molecule has 0 aromatic heterocycles. The lowest BCUT2D eigenvalue weighted by Crippen LogP contribution is -2.03. The topological polar surface area (TPSA) is 46.5 Å². The van der Waals surface area contributed by atoms with Gasteiger partial charge >= 0.3 is 12.1 Å². The highest BCUT2D eigenvalue weighted by atomic mass is 19.4. The molecule has 0 amide bonds. The Bertz CT molecular complexity index is 786. The van der Waals surface area contributed by atoms with E-state index in [9.17, 15) is 18.0 Å². The monoisotopic (exact) mass is 348 g/mol. The van der Waals surface area contributed by atoms with E-state index in [-0.39, 0.29) is 0 Å². The van der Waals surface area contributed by atoms with E-state index in [4.69, 9.17) is 9.84 Å². The summed E-state index contributed by atoms with van der Waals surface area (Å²) in [6.45, 7) is 0. The average Bonchev–Trinajstić information content (AvgIpc) is 2.58. The van der Waals surface area contributed by atoms with Crippen LogP contribution in [0, 0.1) is 0 Å². The van der Waals surface area contributed by atoms with Crippen LogP contribution in [0.3, 0.4) is 0 Å². The molecule has 0 spiro atoms. The molecule has 0 atom stereocenters. The van der Waals surface area contributed by atoms with Crippen molar-refractivity contribution >= 4 is 17.6 Å². The van der Waals surface area contributed by atoms with Crippen molar-refractivity contribution in [3.05, 3.63) is 77.4 Å². The highest BCUT2D eigenvalue weighted by Crippen LogP contribution is 2.29. The van der Waals surface area contributed by atoms with Crippen molar-refractivity contribution in [2.75, 3.05) is 7.11 Å². The van der Waals surface area contributed by atoms with Crippen LogP contribution in [-0.4, -0.2) is 18.2 Å². The van der Waals surface area contributed by atoms with Gasteiger partial charge in [-0.15, -0.1) is 0 Å². The maximum absolute atomic E-state index is 12.6. The first-order chi connectivity index (χ1) is 11.8. The Morgan fingerprint density at radius 2 is 1.64 bits per heavy atom. The molecule has 0 aliphatic heterocycles. The van der Waals surface area contributed by atoms with Gasteiger partial charge < -0.3 is 9.84 Å². The molecule has 0 unspecified atom stereocenters. The lowest BCUT2D eigenvalue weighted by atomic mass is 10.0. The Kier molecular flexibility index (Phi) is 5.64. The number of hydrogen-bond acceptors (Lipinski definition) is 2. The van der Waals surface area contributed by atoms with Crippen molar-refractivity contribution in [3.8, 4) is 5.75 Å². The lowest BCUT2D eigenvalue weighted by Gasteiger charge is -2.06. The van der Waals surface area contributed by atoms with Crippen molar-refractivity contribution < 1.29 is 27.8 Å². The van der Waals surface area contributed by atoms with E-state index in [1.54, 1.807) is 36.4 Å². The molecule has 2 aromatic carbocycles. The zero-order chi connectivity index (χ0) is 18.4. The molecule has 0 bridgehead atoms. The highest BCUT2D eigenvalue weighted by molar-refractivity contribution is 5.94. The molecule has 0 fully saturated rings. The molecule has 2 aromatic rings. The number of carbonyl (C=O) groups is 1. The van der Waals surface area contributed by atoms with E-state index in [2.05, 4.69) is 0 Å². The Labute approximate surface area is 142 Å². The summed E-state index contributed by atoms with van der Waals surface area (Å²) in [4.78, 5) is 11.0. The second kappa shape index (κ2) is 7.70. The summed E-state index contributed by atoms with van der Waals surface area (Å²) in [5, 5.41) is 9.01. The van der Waals surface area contributed by atoms with E-state index in [1.807, 2.05) is 0 Å². The second-order valence-electron chi connectivity index (χ2n) is 5.12. The number of methoxy groups -OCH3 is 1. The van der Waals surface area contributed by atoms with Crippen molar-refractivity contribution in [1.29, 1.82) is 0 Å². The van der Waals surface area contributed by atoms with Crippen molar-refractivity contribution in [3.63, 3.8) is 0 Å². The molecule has 0 radical (unpaired) electrons. The van der Waals surface area contributed by atoms with Gasteiger partial charge in [-0.05, 0) is 41.0 Å². The zero-order valence-corrected chi connectivity index (χ0v) is 13.2. The van der Waals surface area contributed by atoms with Crippen LogP contribution in [0.25, 0.3) is 11.6 Å². The first kappa shape index (κ1) is 18.3. The molecule has 0 saturated heterocycles. The normalized spacial score (nSPS) is 12.4. The molecule has 2 rings (SSSR count). The standard InChI is InChI=1S/C19H15F3O3/c1-25-17-10-6-14(7-11-17)15(12-18(23)24)5-2-13-3-8-16(9-4-13)19(20,21)22/h2-12H,1H3,(H,23,24)/b5-2+,15-12+. The smallest absolute Gasteiger partial charge is 0.416 e. The number of carboxylic acid groups (broad SMARTS) is 1. The quantitative estimate of drug-likeness (QED) is 0.618. The Morgan fingerprint density at radius 3 is 2.12 bits per heavy atom. The molecule has 1 N–H and O–H groups in total. The van der Waals surface area contributed by atoms with Gasteiger partial charge in [-0.25, -0.2) is 4.79 Å². The summed E-state index contributed by atoms with van der Waals surface area (Å²) >= 11 is 0. The van der Waals surface area contributed by atoms with Gasteiger partial charge in [0.1, 0.15) is 5.75 Å². The molecule has 0 aliphatic carbocycles. The number of ether oxygens (including phenoxy) is 1. The van der Waals surface area contributed by atoms with Gasteiger partial charge in [0, 0.05) is 6.08 Å². The van der Waals surface area contributed by atoms with Gasteiger partial charge in [-0.3, -0.25) is 0 Å². The van der Waals surface area contributed by atoms with Crippen molar-refractivity contribution in [2.45, 2.75) is 6.18 Å². The Morgan fingerprint density at radius 1 is 1.04 bits per heavy atom. The molecular weight excluding hydrogens is 333 g/mol. The molecule has 0 saturated carbocycles. The van der Waals surface area contributed by atoms with Crippen molar-refractivity contribution in [2.24, 2.45) is 0 Å². The van der Waals surface area contributed by atoms with Crippen LogP contribution in [0.15, 0.2) is 60.7 Å². The summed E-state index contributed by atoms with van der Waals surface area (Å²) < 4.78 is 42.7. The van der Waals surface area contributed by atoms with E-state index < -0.39 is 17.7 Å². The lowest BCUT2D eigenvalue weighted by molar-refractivity contribution is -0.137. The number of benzene rings is 2. The van der Waals surface area contributed by atoms with Crippen LogP contribution in [0.1, 0.15) is 16.7 Å². The van der Waals surface area contributed by atoms with Gasteiger partial charge in [-0.1, -0.05) is 36.4 Å². The average molecular weight is 348 g/mol. The molecule has 0 heterocycles. The number of hydrogen-bond donors (Lipinski definition) is 1. The minimum Gasteiger partial charge on any atom is -0.497 e. The van der Waals surface area contributed by atoms with Crippen LogP contribution < -0.4 is 4.74 Å². The Hall–Kier alpha value is -3.02. The number of allylic oxidation sites excluding steroid dienone is 2. The maximum atomic E-state index is 12.6. The summed E-state index contributed by atoms with van der Waals surface area (Å²) in [7, 11) is 1.52. The van der Waals surface area contributed by atoms with E-state index in [0.717, 1.165) is 18.2 Å². The number of halogens is 3. The maximum Gasteiger partial charge on any atom is 0.416 e. The van der Waals surface area contributed by atoms with Gasteiger partial charge in [0.25, 0.3) is 0 Å². The third-order valence-corrected chi connectivity index (χ3v) is 3.40. The minimum atomic E-state index is -4.39. The molecule has 3 nitrogen and oxygen atoms in total. The largest absolute Gasteiger partial charge is 0.497 e. The minimum absolute atomic E-state index is 0.412. The fourth-order valence-electron chi connectivity index (χ4n) is 2.11. The fourth-order valence-corrected chi connectivity index (χ4v) is 2.11. The summed E-state index contributed by atoms with van der Waals surface area (Å²) in [6, 6.07) is 11.4. The van der Waals surface area contributed by atoms with Crippen LogP contribution >= 0.6 is 0 Å². The van der Waals surface area contributed by atoms with Crippen LogP contribution in [-0.2, 0) is 11.0 Å². The molecule has 130 valence electrons. The zero-order valence-electron chi connectivity index (χ0n) is 13.2. The van der Waals surface area contributed by atoms with E-state index in [1.165, 1.54) is 19.2 Å². The first-order valence-corrected chi connectivity index (χ1v) is 7.24. The molecule has 6 heteroatoms. The summed E-state index contributed by atoms with van der Waals surface area (Å²) in [6.07, 6.45) is -0.264. The third-order valence-electron chi connectivity index (χ3n) is 3.40. The molecular formula is C19H15F3O3. The highest BCUT2D eigenvalue weighted by Gasteiger charge is 2.29. The predicted molar refractivity (Wildman–Crippen MR) is 89.1 cm³/mol. The third kappa shape index (κ3) is 5.24. The van der Waals surface area contributed by atoms with E-state index >= 15 is 0 Å². The van der Waals surface area contributed by atoms with Gasteiger partial charge in [0.2, 0.25) is 0 Å². The second-order valence-corrected chi connectivity index (χ2v) is 5.12. The number of carboxylic acids is 1. The van der Waals surface area contributed by atoms with Gasteiger partial charge in [0.05, 0.1) is 12.7 Å². The molecule has 25 heavy (non-hydrogen) atoms. The summed E-state index contributed by atoms with van der Waals surface area (Å²) in [5.41, 5.74) is 0.848. The van der Waals surface area contributed by atoms with Gasteiger partial charge in [0.15, 0.2) is 0 Å². The van der Waals surface area contributed by atoms with Gasteiger partial charge in [-0.2, -0.15) is 13.2 Å². The van der Waals surface area contributed by atoms with Crippen molar-refractivity contribution in [1.82, 2.24) is 0 Å². The SMILES string of the molecule is COc1ccc(C(/C=C/c2ccc(C(F)(F)F)cc2)=C/C(=O)O)cc1.